The lowest BCUT2D eigenvalue weighted by Crippen LogP contribution is -2.21. The molecule has 10 heteroatoms. The van der Waals surface area contributed by atoms with Crippen LogP contribution in [0.5, 0.6) is 11.8 Å². The third kappa shape index (κ3) is 4.45. The Balaban J connectivity index is 1.90. The number of hydrogen-bond donors (Lipinski definition) is 1. The molecule has 2 aromatic rings. The number of hydrogen-bond acceptors (Lipinski definition) is 9. The van der Waals surface area contributed by atoms with Crippen molar-refractivity contribution in [1.29, 1.82) is 0 Å². The molecule has 0 bridgehead atoms. The minimum atomic E-state index is -0.349. The number of rotatable bonds is 7. The maximum Gasteiger partial charge on any atom is 0.248 e. The molecular weight excluding hydrogens is 368 g/mol. The predicted molar refractivity (Wildman–Crippen MR) is 102 cm³/mol. The zero-order valence-electron chi connectivity index (χ0n) is 15.1. The summed E-state index contributed by atoms with van der Waals surface area (Å²) in [6.45, 7) is 5.24. The van der Waals surface area contributed by atoms with Crippen LogP contribution < -0.4 is 19.7 Å². The van der Waals surface area contributed by atoms with E-state index >= 15 is 0 Å². The van der Waals surface area contributed by atoms with Crippen molar-refractivity contribution in [2.45, 2.75) is 22.9 Å². The molecule has 0 radical (unpaired) electrons. The molecule has 0 spiro atoms. The van der Waals surface area contributed by atoms with Gasteiger partial charge in [0.15, 0.2) is 5.16 Å². The first-order chi connectivity index (χ1) is 13.1. The summed E-state index contributed by atoms with van der Waals surface area (Å²) in [5.74, 6) is 1.37. The summed E-state index contributed by atoms with van der Waals surface area (Å²) in [5, 5.41) is 2.99. The second-order valence-corrected chi connectivity index (χ2v) is 6.56. The number of amides is 1. The first-order valence-electron chi connectivity index (χ1n) is 8.34. The molecule has 3 rings (SSSR count). The van der Waals surface area contributed by atoms with Gasteiger partial charge in [0.25, 0.3) is 0 Å². The van der Waals surface area contributed by atoms with E-state index in [0.29, 0.717) is 33.6 Å². The SMILES string of the molecule is C=CC(=O)Nc1ccnc(Sc2c(OC)nc(N3CCCC3)nc2OC)n1. The van der Waals surface area contributed by atoms with Crippen molar-refractivity contribution < 1.29 is 14.3 Å². The smallest absolute Gasteiger partial charge is 0.248 e. The lowest BCUT2D eigenvalue weighted by atomic mass is 10.4. The Morgan fingerprint density at radius 3 is 2.48 bits per heavy atom. The van der Waals surface area contributed by atoms with Crippen molar-refractivity contribution in [3.05, 3.63) is 24.9 Å². The van der Waals surface area contributed by atoms with Crippen molar-refractivity contribution in [2.75, 3.05) is 37.5 Å². The highest BCUT2D eigenvalue weighted by Crippen LogP contribution is 2.40. The zero-order valence-corrected chi connectivity index (χ0v) is 16.0. The van der Waals surface area contributed by atoms with Gasteiger partial charge in [0.2, 0.25) is 23.6 Å². The molecule has 1 fully saturated rings. The second kappa shape index (κ2) is 8.67. The summed E-state index contributed by atoms with van der Waals surface area (Å²) in [6, 6.07) is 1.59. The van der Waals surface area contributed by atoms with E-state index in [4.69, 9.17) is 9.47 Å². The summed E-state index contributed by atoms with van der Waals surface area (Å²) in [5.41, 5.74) is 0. The van der Waals surface area contributed by atoms with E-state index in [-0.39, 0.29) is 5.91 Å². The molecular formula is C17H20N6O3S. The van der Waals surface area contributed by atoms with Gasteiger partial charge in [-0.2, -0.15) is 9.97 Å². The standard InChI is InChI=1S/C17H20N6O3S/c1-4-12(24)19-11-7-8-18-17(20-11)27-13-14(25-2)21-16(22-15(13)26-3)23-9-5-6-10-23/h4,7-8H,1,5-6,9-10H2,2-3H3,(H,18,19,20,24). The van der Waals surface area contributed by atoms with Crippen LogP contribution in [0.3, 0.4) is 0 Å². The van der Waals surface area contributed by atoms with Crippen LogP contribution in [0.15, 0.2) is 35.0 Å². The van der Waals surface area contributed by atoms with Gasteiger partial charge in [-0.05, 0) is 36.7 Å². The van der Waals surface area contributed by atoms with E-state index in [1.807, 2.05) is 0 Å². The molecule has 0 unspecified atom stereocenters. The van der Waals surface area contributed by atoms with Gasteiger partial charge in [-0.1, -0.05) is 6.58 Å². The fraction of sp³-hybridized carbons (Fsp3) is 0.353. The zero-order chi connectivity index (χ0) is 19.2. The molecule has 9 nitrogen and oxygen atoms in total. The largest absolute Gasteiger partial charge is 0.480 e. The number of carbonyl (C=O) groups excluding carboxylic acids is 1. The average molecular weight is 388 g/mol. The van der Waals surface area contributed by atoms with Gasteiger partial charge in [0.1, 0.15) is 10.7 Å². The van der Waals surface area contributed by atoms with Crippen molar-refractivity contribution in [3.63, 3.8) is 0 Å². The lowest BCUT2D eigenvalue weighted by molar-refractivity contribution is -0.111. The summed E-state index contributed by atoms with van der Waals surface area (Å²) in [7, 11) is 3.09. The Bertz CT molecular complexity index is 816. The third-order valence-corrected chi connectivity index (χ3v) is 4.76. The second-order valence-electron chi connectivity index (χ2n) is 5.59. The molecule has 0 atom stereocenters. The van der Waals surface area contributed by atoms with Crippen molar-refractivity contribution >= 4 is 29.4 Å². The van der Waals surface area contributed by atoms with Crippen LogP contribution in [0.4, 0.5) is 11.8 Å². The average Bonchev–Trinajstić information content (AvgIpc) is 3.23. The van der Waals surface area contributed by atoms with Crippen LogP contribution in [0, 0.1) is 0 Å². The minimum Gasteiger partial charge on any atom is -0.480 e. The highest BCUT2D eigenvalue weighted by atomic mass is 32.2. The maximum atomic E-state index is 11.5. The van der Waals surface area contributed by atoms with Gasteiger partial charge in [0, 0.05) is 19.3 Å². The van der Waals surface area contributed by atoms with E-state index in [2.05, 4.69) is 36.7 Å². The number of aromatic nitrogens is 4. The summed E-state index contributed by atoms with van der Waals surface area (Å²) >= 11 is 1.20. The number of anilines is 2. The Kier molecular flexibility index (Phi) is 6.07. The quantitative estimate of drug-likeness (QED) is 0.564. The number of nitrogens with one attached hydrogen (secondary N) is 1. The molecule has 1 amide bonds. The molecule has 0 saturated carbocycles. The number of methoxy groups -OCH3 is 2. The maximum absolute atomic E-state index is 11.5. The summed E-state index contributed by atoms with van der Waals surface area (Å²) in [4.78, 5) is 31.7. The van der Waals surface area contributed by atoms with Gasteiger partial charge < -0.3 is 19.7 Å². The monoisotopic (exact) mass is 388 g/mol. The highest BCUT2D eigenvalue weighted by Gasteiger charge is 2.23. The topological polar surface area (TPSA) is 102 Å². The minimum absolute atomic E-state index is 0.349. The van der Waals surface area contributed by atoms with Crippen LogP contribution in [-0.2, 0) is 4.79 Å². The molecule has 1 N–H and O–H groups in total. The Hall–Kier alpha value is -2.88. The van der Waals surface area contributed by atoms with E-state index in [1.165, 1.54) is 17.8 Å². The van der Waals surface area contributed by atoms with E-state index in [1.54, 1.807) is 26.5 Å². The van der Waals surface area contributed by atoms with Gasteiger partial charge >= 0.3 is 0 Å². The molecule has 1 aliphatic heterocycles. The van der Waals surface area contributed by atoms with Crippen LogP contribution in [0.25, 0.3) is 0 Å². The van der Waals surface area contributed by atoms with Gasteiger partial charge in [-0.15, -0.1) is 0 Å². The van der Waals surface area contributed by atoms with Gasteiger partial charge in [0.05, 0.1) is 14.2 Å². The summed E-state index contributed by atoms with van der Waals surface area (Å²) < 4.78 is 10.9. The Morgan fingerprint density at radius 1 is 1.22 bits per heavy atom. The van der Waals surface area contributed by atoms with E-state index in [9.17, 15) is 4.79 Å². The molecule has 2 aromatic heterocycles. The fourth-order valence-corrected chi connectivity index (χ4v) is 3.42. The normalized spacial score (nSPS) is 13.3. The van der Waals surface area contributed by atoms with Crippen molar-refractivity contribution in [1.82, 2.24) is 19.9 Å². The van der Waals surface area contributed by atoms with E-state index < -0.39 is 0 Å². The molecule has 142 valence electrons. The van der Waals surface area contributed by atoms with Crippen molar-refractivity contribution in [3.8, 4) is 11.8 Å². The molecule has 27 heavy (non-hydrogen) atoms. The summed E-state index contributed by atoms with van der Waals surface area (Å²) in [6.07, 6.45) is 4.95. The van der Waals surface area contributed by atoms with Crippen LogP contribution in [-0.4, -0.2) is 53.2 Å². The molecule has 3 heterocycles. The first kappa shape index (κ1) is 18.9. The van der Waals surface area contributed by atoms with Gasteiger partial charge in [-0.3, -0.25) is 4.79 Å². The third-order valence-electron chi connectivity index (χ3n) is 3.83. The van der Waals surface area contributed by atoms with Crippen LogP contribution >= 0.6 is 11.8 Å². The number of carbonyl (C=O) groups is 1. The van der Waals surface area contributed by atoms with Crippen molar-refractivity contribution in [2.24, 2.45) is 0 Å². The predicted octanol–water partition coefficient (Wildman–Crippen LogP) is 2.16. The Labute approximate surface area is 161 Å². The first-order valence-corrected chi connectivity index (χ1v) is 9.15. The molecule has 0 aliphatic carbocycles. The molecule has 1 aliphatic rings. The van der Waals surface area contributed by atoms with Crippen LogP contribution in [0.2, 0.25) is 0 Å². The van der Waals surface area contributed by atoms with Gasteiger partial charge in [-0.25, -0.2) is 9.97 Å². The van der Waals surface area contributed by atoms with Crippen LogP contribution in [0.1, 0.15) is 12.8 Å². The highest BCUT2D eigenvalue weighted by molar-refractivity contribution is 7.99. The lowest BCUT2D eigenvalue weighted by Gasteiger charge is -2.18. The molecule has 0 aromatic carbocycles. The van der Waals surface area contributed by atoms with E-state index in [0.717, 1.165) is 25.9 Å². The number of nitrogens with zero attached hydrogens (tertiary/aromatic N) is 5. The fourth-order valence-electron chi connectivity index (χ4n) is 2.55. The molecule has 1 saturated heterocycles. The Morgan fingerprint density at radius 2 is 1.89 bits per heavy atom. The number of ether oxygens (including phenoxy) is 2.